The maximum atomic E-state index is 6.19. The van der Waals surface area contributed by atoms with E-state index in [1.165, 1.54) is 0 Å². The summed E-state index contributed by atoms with van der Waals surface area (Å²) in [4.78, 5) is 2.01. The summed E-state index contributed by atoms with van der Waals surface area (Å²) in [5.41, 5.74) is 2.15. The minimum absolute atomic E-state index is 0. The molecule has 2 nitrogen and oxygen atoms in total. The minimum Gasteiger partial charge on any atom is -1.00 e. The lowest BCUT2D eigenvalue weighted by Gasteiger charge is -2.09. The quantitative estimate of drug-likeness (QED) is 0.536. The molecule has 1 aromatic carbocycles. The number of allylic oxidation sites excluding steroid dienone is 1. The lowest BCUT2D eigenvalue weighted by molar-refractivity contribution is -0.458. The molecule has 0 N–H and O–H groups in total. The standard InChI is InChI=1S/C13H18ClN2.ClH/c1-15(2)9-11(10-16(3)4)12-7-5-6-8-13(12)14;/h5-10H,1-4H3;1H/q+1;/p-1. The van der Waals surface area contributed by atoms with E-state index in [9.17, 15) is 0 Å². The number of rotatable bonds is 3. The Morgan fingerprint density at radius 1 is 1.24 bits per heavy atom. The Hall–Kier alpha value is -0.990. The molecule has 0 aliphatic rings. The zero-order valence-corrected chi connectivity index (χ0v) is 12.1. The third-order valence-corrected chi connectivity index (χ3v) is 2.31. The molecule has 0 atom stereocenters. The lowest BCUT2D eigenvalue weighted by atomic mass is 10.1. The average Bonchev–Trinajstić information content (AvgIpc) is 2.15. The smallest absolute Gasteiger partial charge is 0.172 e. The Kier molecular flexibility index (Phi) is 6.93. The summed E-state index contributed by atoms with van der Waals surface area (Å²) in [6, 6.07) is 7.87. The molecular weight excluding hydrogens is 255 g/mol. The fourth-order valence-electron chi connectivity index (χ4n) is 1.42. The SMILES string of the molecule is CN(C)C=C(C=[N+](C)C)c1ccccc1Cl.[Cl-]. The highest BCUT2D eigenvalue weighted by Gasteiger charge is 2.07. The second-order valence-electron chi connectivity index (χ2n) is 4.12. The van der Waals surface area contributed by atoms with Crippen molar-refractivity contribution in [3.05, 3.63) is 41.1 Å². The van der Waals surface area contributed by atoms with Crippen molar-refractivity contribution >= 4 is 23.4 Å². The Bertz CT molecular complexity index is 419. The van der Waals surface area contributed by atoms with Gasteiger partial charge in [0, 0.05) is 30.9 Å². The van der Waals surface area contributed by atoms with E-state index in [0.717, 1.165) is 16.2 Å². The van der Waals surface area contributed by atoms with Crippen LogP contribution in [-0.2, 0) is 0 Å². The fraction of sp³-hybridized carbons (Fsp3) is 0.308. The van der Waals surface area contributed by atoms with Crippen molar-refractivity contribution in [3.8, 4) is 0 Å². The predicted octanol–water partition coefficient (Wildman–Crippen LogP) is -0.411. The van der Waals surface area contributed by atoms with Gasteiger partial charge in [-0.3, -0.25) is 0 Å². The van der Waals surface area contributed by atoms with Gasteiger partial charge in [0.05, 0.1) is 5.57 Å². The molecule has 0 fully saturated rings. The zero-order chi connectivity index (χ0) is 12.1. The Morgan fingerprint density at radius 2 is 1.82 bits per heavy atom. The van der Waals surface area contributed by atoms with Gasteiger partial charge in [0.1, 0.15) is 14.1 Å². The van der Waals surface area contributed by atoms with Gasteiger partial charge in [-0.05, 0) is 6.07 Å². The summed E-state index contributed by atoms with van der Waals surface area (Å²) in [5.74, 6) is 0. The molecule has 0 unspecified atom stereocenters. The van der Waals surface area contributed by atoms with Crippen LogP contribution in [0.25, 0.3) is 5.57 Å². The molecule has 0 radical (unpaired) electrons. The van der Waals surface area contributed by atoms with Crippen LogP contribution >= 0.6 is 11.6 Å². The fourth-order valence-corrected chi connectivity index (χ4v) is 1.67. The number of nitrogens with zero attached hydrogens (tertiary/aromatic N) is 2. The molecule has 0 bridgehead atoms. The second kappa shape index (κ2) is 7.36. The number of benzene rings is 1. The van der Waals surface area contributed by atoms with Gasteiger partial charge in [0.15, 0.2) is 6.21 Å². The Morgan fingerprint density at radius 3 is 2.29 bits per heavy atom. The second-order valence-corrected chi connectivity index (χ2v) is 4.53. The Balaban J connectivity index is 0.00000256. The highest BCUT2D eigenvalue weighted by Crippen LogP contribution is 2.22. The molecule has 0 aliphatic carbocycles. The van der Waals surface area contributed by atoms with E-state index in [0.29, 0.717) is 0 Å². The van der Waals surface area contributed by atoms with Crippen LogP contribution in [0, 0.1) is 0 Å². The van der Waals surface area contributed by atoms with Crippen LogP contribution in [0.5, 0.6) is 0 Å². The molecule has 0 aromatic heterocycles. The van der Waals surface area contributed by atoms with E-state index in [-0.39, 0.29) is 12.4 Å². The summed E-state index contributed by atoms with van der Waals surface area (Å²) in [7, 11) is 8.00. The maximum Gasteiger partial charge on any atom is 0.172 e. The third kappa shape index (κ3) is 5.24. The van der Waals surface area contributed by atoms with Gasteiger partial charge in [0.25, 0.3) is 0 Å². The van der Waals surface area contributed by atoms with Gasteiger partial charge in [-0.25, -0.2) is 4.58 Å². The van der Waals surface area contributed by atoms with Crippen molar-refractivity contribution in [2.24, 2.45) is 0 Å². The molecule has 1 aromatic rings. The van der Waals surface area contributed by atoms with Crippen molar-refractivity contribution in [1.82, 2.24) is 4.90 Å². The molecule has 1 rings (SSSR count). The maximum absolute atomic E-state index is 6.19. The largest absolute Gasteiger partial charge is 1.00 e. The zero-order valence-electron chi connectivity index (χ0n) is 10.6. The topological polar surface area (TPSA) is 6.25 Å². The molecule has 4 heteroatoms. The van der Waals surface area contributed by atoms with E-state index in [1.807, 2.05) is 61.9 Å². The van der Waals surface area contributed by atoms with Crippen molar-refractivity contribution < 1.29 is 17.0 Å². The van der Waals surface area contributed by atoms with Gasteiger partial charge in [-0.15, -0.1) is 0 Å². The highest BCUT2D eigenvalue weighted by atomic mass is 35.5. The molecule has 94 valence electrons. The average molecular weight is 273 g/mol. The molecule has 0 saturated carbocycles. The summed E-state index contributed by atoms with van der Waals surface area (Å²) in [6.45, 7) is 0. The molecule has 0 saturated heterocycles. The van der Waals surface area contributed by atoms with Crippen molar-refractivity contribution in [3.63, 3.8) is 0 Å². The summed E-state index contributed by atoms with van der Waals surface area (Å²) < 4.78 is 2.01. The van der Waals surface area contributed by atoms with Crippen LogP contribution in [0.4, 0.5) is 0 Å². The van der Waals surface area contributed by atoms with Crippen LogP contribution in [0.3, 0.4) is 0 Å². The van der Waals surface area contributed by atoms with Gasteiger partial charge < -0.3 is 17.3 Å². The number of halogens is 2. The lowest BCUT2D eigenvalue weighted by Crippen LogP contribution is -3.00. The summed E-state index contributed by atoms with van der Waals surface area (Å²) >= 11 is 6.19. The van der Waals surface area contributed by atoms with E-state index >= 15 is 0 Å². The third-order valence-electron chi connectivity index (χ3n) is 1.98. The molecule has 0 heterocycles. The highest BCUT2D eigenvalue weighted by molar-refractivity contribution is 6.33. The van der Waals surface area contributed by atoms with Gasteiger partial charge in [-0.1, -0.05) is 29.8 Å². The minimum atomic E-state index is 0. The van der Waals surface area contributed by atoms with E-state index in [4.69, 9.17) is 11.6 Å². The van der Waals surface area contributed by atoms with E-state index in [1.54, 1.807) is 0 Å². The first kappa shape index (κ1) is 16.0. The molecule has 17 heavy (non-hydrogen) atoms. The first-order valence-corrected chi connectivity index (χ1v) is 5.53. The molecule has 0 amide bonds. The van der Waals surface area contributed by atoms with Crippen LogP contribution in [0.2, 0.25) is 5.02 Å². The first-order valence-electron chi connectivity index (χ1n) is 5.15. The normalized spacial score (nSPS) is 10.5. The number of hydrogen-bond acceptors (Lipinski definition) is 1. The van der Waals surface area contributed by atoms with Gasteiger partial charge in [-0.2, -0.15) is 0 Å². The van der Waals surface area contributed by atoms with Crippen molar-refractivity contribution in [1.29, 1.82) is 0 Å². The van der Waals surface area contributed by atoms with Crippen LogP contribution in [0.1, 0.15) is 5.56 Å². The summed E-state index contributed by atoms with van der Waals surface area (Å²) in [5, 5.41) is 0.772. The van der Waals surface area contributed by atoms with Crippen molar-refractivity contribution in [2.75, 3.05) is 28.2 Å². The van der Waals surface area contributed by atoms with Gasteiger partial charge >= 0.3 is 0 Å². The number of hydrogen-bond donors (Lipinski definition) is 0. The van der Waals surface area contributed by atoms with Crippen LogP contribution < -0.4 is 12.4 Å². The molecule has 0 spiro atoms. The van der Waals surface area contributed by atoms with E-state index in [2.05, 4.69) is 12.4 Å². The predicted molar refractivity (Wildman–Crippen MR) is 71.3 cm³/mol. The molecule has 0 aliphatic heterocycles. The van der Waals surface area contributed by atoms with Gasteiger partial charge in [0.2, 0.25) is 0 Å². The monoisotopic (exact) mass is 272 g/mol. The molecular formula is C13H18Cl2N2. The van der Waals surface area contributed by atoms with Crippen molar-refractivity contribution in [2.45, 2.75) is 0 Å². The van der Waals surface area contributed by atoms with Crippen LogP contribution in [0.15, 0.2) is 30.5 Å². The van der Waals surface area contributed by atoms with Crippen LogP contribution in [-0.4, -0.2) is 43.9 Å². The van der Waals surface area contributed by atoms with E-state index < -0.39 is 0 Å². The first-order chi connectivity index (χ1) is 7.50. The summed E-state index contributed by atoms with van der Waals surface area (Å²) in [6.07, 6.45) is 4.11. The Labute approximate surface area is 115 Å².